The number of phenols is 2. The Bertz CT molecular complexity index is 390. The van der Waals surface area contributed by atoms with E-state index in [0.29, 0.717) is 6.42 Å². The molecule has 15 heavy (non-hydrogen) atoms. The maximum Gasteiger partial charge on any atom is 0.311 e. The molecule has 0 aromatic heterocycles. The highest BCUT2D eigenvalue weighted by Gasteiger charge is 2.20. The van der Waals surface area contributed by atoms with E-state index in [0.717, 1.165) is 12.1 Å². The van der Waals surface area contributed by atoms with Gasteiger partial charge in [-0.2, -0.15) is 0 Å². The fourth-order valence-corrected chi connectivity index (χ4v) is 1.21. The number of aliphatic hydroxyl groups is 1. The van der Waals surface area contributed by atoms with E-state index >= 15 is 0 Å². The number of rotatable bonds is 3. The highest BCUT2D eigenvalue weighted by Crippen LogP contribution is 2.36. The molecule has 0 heterocycles. The molecule has 0 saturated heterocycles. The van der Waals surface area contributed by atoms with Gasteiger partial charge in [0.25, 0.3) is 0 Å². The topological polar surface area (TPSA) is 104 Å². The summed E-state index contributed by atoms with van der Waals surface area (Å²) in [6.07, 6.45) is -0.667. The summed E-state index contributed by atoms with van der Waals surface area (Å²) >= 11 is 0. The van der Waals surface area contributed by atoms with Gasteiger partial charge in [0.1, 0.15) is 5.75 Å². The van der Waals surface area contributed by atoms with Gasteiger partial charge in [-0.15, -0.1) is 0 Å². The Hall–Kier alpha value is -1.82. The third kappa shape index (κ3) is 2.16. The second-order valence-electron chi connectivity index (χ2n) is 3.08. The van der Waals surface area contributed by atoms with E-state index in [1.807, 2.05) is 0 Å². The first-order valence-corrected chi connectivity index (χ1v) is 4.35. The third-order valence-corrected chi connectivity index (χ3v) is 2.07. The van der Waals surface area contributed by atoms with Crippen LogP contribution in [0, 0.1) is 10.1 Å². The van der Waals surface area contributed by atoms with E-state index in [1.165, 1.54) is 0 Å². The van der Waals surface area contributed by atoms with Crippen LogP contribution in [-0.2, 0) is 0 Å². The molecule has 1 unspecified atom stereocenters. The van der Waals surface area contributed by atoms with Crippen LogP contribution in [0.3, 0.4) is 0 Å². The molecule has 0 amide bonds. The number of hydrogen-bond donors (Lipinski definition) is 3. The zero-order chi connectivity index (χ0) is 11.6. The van der Waals surface area contributed by atoms with Gasteiger partial charge in [0, 0.05) is 17.7 Å². The van der Waals surface area contributed by atoms with Crippen molar-refractivity contribution in [2.45, 2.75) is 19.4 Å². The van der Waals surface area contributed by atoms with Crippen LogP contribution in [0.15, 0.2) is 12.1 Å². The van der Waals surface area contributed by atoms with Crippen LogP contribution in [0.5, 0.6) is 11.5 Å². The molecule has 6 heteroatoms. The number of aromatic hydroxyl groups is 2. The van der Waals surface area contributed by atoms with Gasteiger partial charge in [-0.1, -0.05) is 6.92 Å². The molecule has 0 aliphatic carbocycles. The molecule has 0 aliphatic rings. The van der Waals surface area contributed by atoms with Gasteiger partial charge in [-0.05, 0) is 6.42 Å². The number of aliphatic hydroxyl groups excluding tert-OH is 1. The van der Waals surface area contributed by atoms with E-state index in [1.54, 1.807) is 6.92 Å². The molecule has 0 bridgehead atoms. The number of phenolic OH excluding ortho intramolecular Hbond substituents is 2. The molecule has 1 atom stereocenters. The predicted molar refractivity (Wildman–Crippen MR) is 51.7 cm³/mol. The summed E-state index contributed by atoms with van der Waals surface area (Å²) in [5.74, 6) is -0.975. The van der Waals surface area contributed by atoms with Crippen molar-refractivity contribution in [2.75, 3.05) is 0 Å². The zero-order valence-corrected chi connectivity index (χ0v) is 8.04. The lowest BCUT2D eigenvalue weighted by Crippen LogP contribution is -1.98. The smallest absolute Gasteiger partial charge is 0.311 e. The highest BCUT2D eigenvalue weighted by atomic mass is 16.6. The molecule has 0 radical (unpaired) electrons. The highest BCUT2D eigenvalue weighted by molar-refractivity contribution is 5.54. The third-order valence-electron chi connectivity index (χ3n) is 2.07. The first-order chi connectivity index (χ1) is 6.97. The van der Waals surface area contributed by atoms with E-state index in [2.05, 4.69) is 0 Å². The van der Waals surface area contributed by atoms with Gasteiger partial charge in [-0.25, -0.2) is 0 Å². The maximum absolute atomic E-state index is 10.5. The summed E-state index contributed by atoms with van der Waals surface area (Å²) < 4.78 is 0. The summed E-state index contributed by atoms with van der Waals surface area (Å²) in [5, 5.41) is 38.4. The van der Waals surface area contributed by atoms with Crippen molar-refractivity contribution in [3.8, 4) is 11.5 Å². The Morgan fingerprint density at radius 1 is 1.40 bits per heavy atom. The van der Waals surface area contributed by atoms with Crippen LogP contribution in [0.25, 0.3) is 0 Å². The summed E-state index contributed by atoms with van der Waals surface area (Å²) in [6, 6.07) is 1.82. The number of benzene rings is 1. The van der Waals surface area contributed by atoms with Crippen molar-refractivity contribution in [3.05, 3.63) is 27.8 Å². The molecule has 0 aliphatic heterocycles. The van der Waals surface area contributed by atoms with E-state index in [-0.39, 0.29) is 11.3 Å². The fraction of sp³-hybridized carbons (Fsp3) is 0.333. The average molecular weight is 213 g/mol. The van der Waals surface area contributed by atoms with E-state index in [4.69, 9.17) is 5.11 Å². The minimum atomic E-state index is -0.982. The fourth-order valence-electron chi connectivity index (χ4n) is 1.21. The largest absolute Gasteiger partial charge is 0.507 e. The van der Waals surface area contributed by atoms with Gasteiger partial charge in [-0.3, -0.25) is 10.1 Å². The SMILES string of the molecule is CCC(O)c1cc([N+](=O)[O-])c(O)cc1O. The molecule has 0 fully saturated rings. The quantitative estimate of drug-likeness (QED) is 0.520. The van der Waals surface area contributed by atoms with Gasteiger partial charge >= 0.3 is 5.69 Å². The number of nitro benzene ring substituents is 1. The second-order valence-corrected chi connectivity index (χ2v) is 3.08. The molecule has 1 rings (SSSR count). The lowest BCUT2D eigenvalue weighted by atomic mass is 10.0. The number of hydrogen-bond acceptors (Lipinski definition) is 5. The van der Waals surface area contributed by atoms with Crippen molar-refractivity contribution >= 4 is 5.69 Å². The summed E-state index contributed by atoms with van der Waals surface area (Å²) in [7, 11) is 0. The number of nitro groups is 1. The molecule has 3 N–H and O–H groups in total. The van der Waals surface area contributed by atoms with Gasteiger partial charge in [0.05, 0.1) is 11.0 Å². The Kier molecular flexibility index (Phi) is 3.11. The van der Waals surface area contributed by atoms with Crippen LogP contribution < -0.4 is 0 Å². The molecule has 0 spiro atoms. The van der Waals surface area contributed by atoms with Gasteiger partial charge < -0.3 is 15.3 Å². The Labute approximate surface area is 85.6 Å². The lowest BCUT2D eigenvalue weighted by molar-refractivity contribution is -0.386. The summed E-state index contributed by atoms with van der Waals surface area (Å²) in [4.78, 5) is 9.70. The molecule has 1 aromatic carbocycles. The van der Waals surface area contributed by atoms with Crippen LogP contribution >= 0.6 is 0 Å². The molecule has 6 nitrogen and oxygen atoms in total. The monoisotopic (exact) mass is 213 g/mol. The average Bonchev–Trinajstić information content (AvgIpc) is 2.16. The summed E-state index contributed by atoms with van der Waals surface area (Å²) in [6.45, 7) is 1.67. The minimum Gasteiger partial charge on any atom is -0.507 e. The van der Waals surface area contributed by atoms with Crippen LogP contribution in [-0.4, -0.2) is 20.2 Å². The number of nitrogens with zero attached hydrogens (tertiary/aromatic N) is 1. The molecule has 1 aromatic rings. The molecular formula is C9H11NO5. The van der Waals surface area contributed by atoms with E-state index in [9.17, 15) is 20.3 Å². The van der Waals surface area contributed by atoms with Crippen molar-refractivity contribution in [2.24, 2.45) is 0 Å². The maximum atomic E-state index is 10.5. The molecule has 0 saturated carbocycles. The van der Waals surface area contributed by atoms with Crippen molar-refractivity contribution < 1.29 is 20.2 Å². The van der Waals surface area contributed by atoms with Crippen molar-refractivity contribution in [1.29, 1.82) is 0 Å². The lowest BCUT2D eigenvalue weighted by Gasteiger charge is -2.10. The Morgan fingerprint density at radius 2 is 2.00 bits per heavy atom. The Balaban J connectivity index is 3.29. The van der Waals surface area contributed by atoms with Crippen LogP contribution in [0.2, 0.25) is 0 Å². The minimum absolute atomic E-state index is 0.0435. The van der Waals surface area contributed by atoms with Crippen molar-refractivity contribution in [3.63, 3.8) is 0 Å². The first kappa shape index (κ1) is 11.3. The Morgan fingerprint density at radius 3 is 2.47 bits per heavy atom. The van der Waals surface area contributed by atoms with Gasteiger partial charge in [0.2, 0.25) is 0 Å². The molecular weight excluding hydrogens is 202 g/mol. The predicted octanol–water partition coefficient (Wildman–Crippen LogP) is 1.45. The standard InChI is InChI=1S/C9H11NO5/c1-2-7(11)5-3-6(10(14)15)9(13)4-8(5)12/h3-4,7,11-13H,2H2,1H3. The van der Waals surface area contributed by atoms with Gasteiger partial charge in [0.15, 0.2) is 5.75 Å². The molecule has 82 valence electrons. The van der Waals surface area contributed by atoms with Crippen LogP contribution in [0.1, 0.15) is 25.0 Å². The first-order valence-electron chi connectivity index (χ1n) is 4.35. The van der Waals surface area contributed by atoms with Crippen molar-refractivity contribution in [1.82, 2.24) is 0 Å². The second kappa shape index (κ2) is 4.14. The zero-order valence-electron chi connectivity index (χ0n) is 8.04. The summed E-state index contributed by atoms with van der Waals surface area (Å²) in [5.41, 5.74) is -0.489. The van der Waals surface area contributed by atoms with Crippen LogP contribution in [0.4, 0.5) is 5.69 Å². The van der Waals surface area contributed by atoms with E-state index < -0.39 is 22.5 Å². The normalized spacial score (nSPS) is 12.4.